The van der Waals surface area contributed by atoms with Crippen LogP contribution >= 0.6 is 0 Å². The number of nitrogens with two attached hydrogens (primary N) is 1. The highest BCUT2D eigenvalue weighted by Gasteiger charge is 2.42. The van der Waals surface area contributed by atoms with E-state index in [1.54, 1.807) is 0 Å². The van der Waals surface area contributed by atoms with Crippen LogP contribution in [0.5, 0.6) is 0 Å². The molecule has 1 aliphatic carbocycles. The maximum atomic E-state index is 6.49. The van der Waals surface area contributed by atoms with Crippen LogP contribution in [0, 0.1) is 0 Å². The second kappa shape index (κ2) is 5.20. The average Bonchev–Trinajstić information content (AvgIpc) is 3.10. The van der Waals surface area contributed by atoms with Gasteiger partial charge in [-0.15, -0.1) is 0 Å². The van der Waals surface area contributed by atoms with E-state index in [4.69, 9.17) is 10.5 Å². The van der Waals surface area contributed by atoms with Gasteiger partial charge in [0.05, 0.1) is 23.1 Å². The van der Waals surface area contributed by atoms with Crippen LogP contribution in [0.2, 0.25) is 0 Å². The fourth-order valence-electron chi connectivity index (χ4n) is 4.61. The predicted molar refractivity (Wildman–Crippen MR) is 86.7 cm³/mol. The molecule has 3 nitrogen and oxygen atoms in total. The molecule has 4 rings (SSSR count). The Morgan fingerprint density at radius 1 is 1.19 bits per heavy atom. The van der Waals surface area contributed by atoms with E-state index in [0.717, 1.165) is 25.2 Å². The Labute approximate surface area is 127 Å². The first-order valence-electron chi connectivity index (χ1n) is 8.56. The van der Waals surface area contributed by atoms with E-state index < -0.39 is 0 Å². The molecule has 0 amide bonds. The molecular formula is C18H26N2O. The average molecular weight is 286 g/mol. The van der Waals surface area contributed by atoms with Crippen molar-refractivity contribution >= 4 is 11.4 Å². The van der Waals surface area contributed by atoms with Crippen LogP contribution in [0.3, 0.4) is 0 Å². The maximum absolute atomic E-state index is 6.49. The Hall–Kier alpha value is -1.22. The van der Waals surface area contributed by atoms with Crippen molar-refractivity contribution in [1.82, 2.24) is 0 Å². The molecule has 21 heavy (non-hydrogen) atoms. The number of fused-ring (bicyclic) bond motifs is 1. The third kappa shape index (κ3) is 2.42. The summed E-state index contributed by atoms with van der Waals surface area (Å²) in [7, 11) is 0. The molecule has 2 fully saturated rings. The number of benzene rings is 1. The molecule has 2 N–H and O–H groups in total. The summed E-state index contributed by atoms with van der Waals surface area (Å²) in [4.78, 5) is 2.48. The number of aryl methyl sites for hydroxylation is 1. The van der Waals surface area contributed by atoms with E-state index >= 15 is 0 Å². The monoisotopic (exact) mass is 286 g/mol. The molecule has 0 bridgehead atoms. The molecule has 1 spiro atoms. The van der Waals surface area contributed by atoms with E-state index in [1.807, 2.05) is 6.07 Å². The molecule has 1 atom stereocenters. The van der Waals surface area contributed by atoms with E-state index in [1.165, 1.54) is 56.2 Å². The highest BCUT2D eigenvalue weighted by molar-refractivity contribution is 5.72. The zero-order valence-electron chi connectivity index (χ0n) is 12.8. The van der Waals surface area contributed by atoms with Crippen molar-refractivity contribution < 1.29 is 4.74 Å². The molecule has 1 unspecified atom stereocenters. The third-order valence-corrected chi connectivity index (χ3v) is 5.62. The molecule has 3 aliphatic rings. The van der Waals surface area contributed by atoms with Gasteiger partial charge in [0.15, 0.2) is 0 Å². The molecule has 1 aromatic carbocycles. The molecule has 114 valence electrons. The summed E-state index contributed by atoms with van der Waals surface area (Å²) < 4.78 is 6.49. The normalized spacial score (nSPS) is 27.2. The molecule has 1 saturated heterocycles. The Balaban J connectivity index is 1.49. The summed E-state index contributed by atoms with van der Waals surface area (Å²) in [6.45, 7) is 2.14. The zero-order valence-corrected chi connectivity index (χ0v) is 12.8. The highest BCUT2D eigenvalue weighted by atomic mass is 16.5. The molecule has 2 heterocycles. The summed E-state index contributed by atoms with van der Waals surface area (Å²) in [5.41, 5.74) is 10.1. The van der Waals surface area contributed by atoms with Crippen LogP contribution in [-0.2, 0) is 11.2 Å². The first-order valence-corrected chi connectivity index (χ1v) is 8.56. The summed E-state index contributed by atoms with van der Waals surface area (Å²) in [5, 5.41) is 0. The van der Waals surface area contributed by atoms with E-state index in [-0.39, 0.29) is 5.60 Å². The van der Waals surface area contributed by atoms with Gasteiger partial charge in [0, 0.05) is 13.1 Å². The van der Waals surface area contributed by atoms with Crippen LogP contribution < -0.4 is 10.6 Å². The lowest BCUT2D eigenvalue weighted by Gasteiger charge is -2.35. The second-order valence-corrected chi connectivity index (χ2v) is 7.07. The lowest BCUT2D eigenvalue weighted by Crippen LogP contribution is -2.38. The number of rotatable bonds is 2. The summed E-state index contributed by atoms with van der Waals surface area (Å²) >= 11 is 0. The Morgan fingerprint density at radius 3 is 2.90 bits per heavy atom. The van der Waals surface area contributed by atoms with Crippen molar-refractivity contribution in [1.29, 1.82) is 0 Å². The molecule has 3 heteroatoms. The fraction of sp³-hybridized carbons (Fsp3) is 0.667. The van der Waals surface area contributed by atoms with Gasteiger partial charge in [-0.25, -0.2) is 0 Å². The molecule has 2 aliphatic heterocycles. The smallest absolute Gasteiger partial charge is 0.0758 e. The maximum Gasteiger partial charge on any atom is 0.0758 e. The van der Waals surface area contributed by atoms with Gasteiger partial charge in [-0.1, -0.05) is 25.0 Å². The van der Waals surface area contributed by atoms with Crippen molar-refractivity contribution in [3.05, 3.63) is 23.8 Å². The van der Waals surface area contributed by atoms with Crippen LogP contribution in [0.15, 0.2) is 18.2 Å². The van der Waals surface area contributed by atoms with Gasteiger partial charge in [0.25, 0.3) is 0 Å². The van der Waals surface area contributed by atoms with E-state index in [2.05, 4.69) is 17.0 Å². The number of nitrogen functional groups attached to an aromatic ring is 1. The quantitative estimate of drug-likeness (QED) is 0.846. The number of anilines is 2. The summed E-state index contributed by atoms with van der Waals surface area (Å²) in [6, 6.07) is 6.34. The molecule has 1 saturated carbocycles. The molecule has 0 aromatic heterocycles. The van der Waals surface area contributed by atoms with E-state index in [0.29, 0.717) is 6.10 Å². The number of hydrogen-bond donors (Lipinski definition) is 1. The third-order valence-electron chi connectivity index (χ3n) is 5.62. The lowest BCUT2D eigenvalue weighted by atomic mass is 9.97. The number of hydrogen-bond acceptors (Lipinski definition) is 3. The van der Waals surface area contributed by atoms with Crippen LogP contribution in [0.1, 0.15) is 50.5 Å². The molecule has 0 radical (unpaired) electrons. The van der Waals surface area contributed by atoms with Gasteiger partial charge in [-0.2, -0.15) is 0 Å². The van der Waals surface area contributed by atoms with Crippen molar-refractivity contribution in [2.45, 2.75) is 63.1 Å². The minimum atomic E-state index is 0.242. The second-order valence-electron chi connectivity index (χ2n) is 7.07. The standard InChI is InChI=1S/C18H26N2O/c19-16-7-3-5-14-6-4-12-20(17(14)16)13-15-8-11-18(21-15)9-1-2-10-18/h3,5,7,15H,1-2,4,6,8-13,19H2. The van der Waals surface area contributed by atoms with Crippen LogP contribution in [0.4, 0.5) is 11.4 Å². The number of ether oxygens (including phenoxy) is 1. The van der Waals surface area contributed by atoms with Gasteiger partial charge in [0.2, 0.25) is 0 Å². The summed E-state index contributed by atoms with van der Waals surface area (Å²) in [6.07, 6.45) is 10.5. The topological polar surface area (TPSA) is 38.5 Å². The fourth-order valence-corrected chi connectivity index (χ4v) is 4.61. The van der Waals surface area contributed by atoms with Crippen LogP contribution in [0.25, 0.3) is 0 Å². The highest BCUT2D eigenvalue weighted by Crippen LogP contribution is 2.44. The van der Waals surface area contributed by atoms with E-state index in [9.17, 15) is 0 Å². The summed E-state index contributed by atoms with van der Waals surface area (Å²) in [5.74, 6) is 0. The van der Waals surface area contributed by atoms with Gasteiger partial charge >= 0.3 is 0 Å². The minimum Gasteiger partial charge on any atom is -0.397 e. The zero-order chi connectivity index (χ0) is 14.3. The Bertz CT molecular complexity index is 522. The van der Waals surface area contributed by atoms with Gasteiger partial charge in [0.1, 0.15) is 0 Å². The van der Waals surface area contributed by atoms with Gasteiger partial charge < -0.3 is 15.4 Å². The van der Waals surface area contributed by atoms with Crippen molar-refractivity contribution in [2.75, 3.05) is 23.7 Å². The first kappa shape index (κ1) is 13.4. The lowest BCUT2D eigenvalue weighted by molar-refractivity contribution is -0.0328. The molecular weight excluding hydrogens is 260 g/mol. The SMILES string of the molecule is Nc1cccc2c1N(CC1CCC3(CCCC3)O1)CCC2. The van der Waals surface area contributed by atoms with Gasteiger partial charge in [-0.3, -0.25) is 0 Å². The number of nitrogens with zero attached hydrogens (tertiary/aromatic N) is 1. The van der Waals surface area contributed by atoms with Crippen molar-refractivity contribution in [3.8, 4) is 0 Å². The number of para-hydroxylation sites is 1. The first-order chi connectivity index (χ1) is 10.3. The van der Waals surface area contributed by atoms with Crippen LogP contribution in [-0.4, -0.2) is 24.8 Å². The van der Waals surface area contributed by atoms with Gasteiger partial charge in [-0.05, 0) is 50.2 Å². The van der Waals surface area contributed by atoms with Crippen molar-refractivity contribution in [3.63, 3.8) is 0 Å². The Morgan fingerprint density at radius 2 is 2.05 bits per heavy atom. The largest absolute Gasteiger partial charge is 0.397 e. The van der Waals surface area contributed by atoms with Crippen molar-refractivity contribution in [2.24, 2.45) is 0 Å². The molecule has 1 aromatic rings. The predicted octanol–water partition coefficient (Wildman–Crippen LogP) is 3.51. The Kier molecular flexibility index (Phi) is 3.33. The minimum absolute atomic E-state index is 0.242.